The van der Waals surface area contributed by atoms with Gasteiger partial charge in [-0.15, -0.1) is 0 Å². The molecule has 226 valence electrons. The molecule has 0 radical (unpaired) electrons. The molecule has 8 aromatic carbocycles. The molecule has 0 bridgehead atoms. The van der Waals surface area contributed by atoms with E-state index in [0.29, 0.717) is 5.84 Å². The van der Waals surface area contributed by atoms with E-state index in [2.05, 4.69) is 169 Å². The van der Waals surface area contributed by atoms with Crippen LogP contribution in [0.2, 0.25) is 0 Å². The fourth-order valence-electron chi connectivity index (χ4n) is 6.93. The number of amidine groups is 2. The second kappa shape index (κ2) is 11.8. The first kappa shape index (κ1) is 27.9. The maximum atomic E-state index is 5.16. The third-order valence-corrected chi connectivity index (χ3v) is 9.30. The van der Waals surface area contributed by atoms with Crippen molar-refractivity contribution in [3.05, 3.63) is 193 Å². The van der Waals surface area contributed by atoms with Crippen molar-refractivity contribution in [2.75, 3.05) is 0 Å². The van der Waals surface area contributed by atoms with Gasteiger partial charge in [0.05, 0.1) is 0 Å². The summed E-state index contributed by atoms with van der Waals surface area (Å²) < 4.78 is 0. The van der Waals surface area contributed by atoms with Gasteiger partial charge in [-0.2, -0.15) is 0 Å². The van der Waals surface area contributed by atoms with Crippen molar-refractivity contribution in [3.8, 4) is 22.3 Å². The predicted molar refractivity (Wildman–Crippen MR) is 202 cm³/mol. The molecule has 0 amide bonds. The summed E-state index contributed by atoms with van der Waals surface area (Å²) in [7, 11) is 0. The van der Waals surface area contributed by atoms with Crippen molar-refractivity contribution < 1.29 is 0 Å². The summed E-state index contributed by atoms with van der Waals surface area (Å²) in [6, 6.07) is 62.3. The van der Waals surface area contributed by atoms with Crippen molar-refractivity contribution in [3.63, 3.8) is 0 Å². The van der Waals surface area contributed by atoms with E-state index in [4.69, 9.17) is 9.98 Å². The molecule has 48 heavy (non-hydrogen) atoms. The minimum Gasteiger partial charge on any atom is -0.344 e. The van der Waals surface area contributed by atoms with Gasteiger partial charge in [-0.1, -0.05) is 158 Å². The third kappa shape index (κ3) is 5.03. The fourth-order valence-corrected chi connectivity index (χ4v) is 6.93. The SMILES string of the molecule is c1ccc(-c2cccc(C3=NC(c4cccc(-c5ccc6c7ccccc7c7ccccc7c6c5)c4)=N[C@H](c4ccccc4)N3)c2)cc1. The quantitative estimate of drug-likeness (QED) is 0.193. The molecule has 1 atom stereocenters. The van der Waals surface area contributed by atoms with E-state index in [0.717, 1.165) is 33.7 Å². The van der Waals surface area contributed by atoms with Gasteiger partial charge in [-0.25, -0.2) is 9.98 Å². The van der Waals surface area contributed by atoms with Gasteiger partial charge in [-0.3, -0.25) is 0 Å². The lowest BCUT2D eigenvalue weighted by Crippen LogP contribution is -2.33. The van der Waals surface area contributed by atoms with Gasteiger partial charge in [0.15, 0.2) is 5.84 Å². The van der Waals surface area contributed by atoms with Gasteiger partial charge < -0.3 is 5.32 Å². The van der Waals surface area contributed by atoms with Crippen LogP contribution in [0.25, 0.3) is 54.6 Å². The summed E-state index contributed by atoms with van der Waals surface area (Å²) >= 11 is 0. The van der Waals surface area contributed by atoms with Crippen LogP contribution in [0.1, 0.15) is 22.9 Å². The summed E-state index contributed by atoms with van der Waals surface area (Å²) in [5, 5.41) is 11.3. The van der Waals surface area contributed by atoms with Crippen LogP contribution in [0, 0.1) is 0 Å². The molecular weight excluding hydrogens is 583 g/mol. The molecule has 1 heterocycles. The summed E-state index contributed by atoms with van der Waals surface area (Å²) in [6.07, 6.45) is -0.266. The average molecular weight is 614 g/mol. The Balaban J connectivity index is 1.16. The highest BCUT2D eigenvalue weighted by atomic mass is 15.2. The Bertz CT molecular complexity index is 2500. The van der Waals surface area contributed by atoms with Crippen molar-refractivity contribution in [2.45, 2.75) is 6.17 Å². The third-order valence-electron chi connectivity index (χ3n) is 9.30. The summed E-state index contributed by atoms with van der Waals surface area (Å²) in [5.41, 5.74) is 7.71. The van der Waals surface area contributed by atoms with Crippen LogP contribution in [0.3, 0.4) is 0 Å². The highest BCUT2D eigenvalue weighted by Gasteiger charge is 2.21. The Kier molecular flexibility index (Phi) is 6.87. The van der Waals surface area contributed by atoms with Crippen LogP contribution in [-0.2, 0) is 0 Å². The Hall–Kier alpha value is -6.32. The van der Waals surface area contributed by atoms with Gasteiger partial charge in [0.2, 0.25) is 0 Å². The number of fused-ring (bicyclic) bond motifs is 6. The number of aliphatic imine (C=N–C) groups is 2. The smallest absolute Gasteiger partial charge is 0.159 e. The molecule has 0 saturated heterocycles. The molecule has 0 aliphatic carbocycles. The van der Waals surface area contributed by atoms with Crippen molar-refractivity contribution in [1.29, 1.82) is 0 Å². The van der Waals surface area contributed by atoms with E-state index in [1.165, 1.54) is 43.4 Å². The molecule has 1 N–H and O–H groups in total. The Morgan fingerprint density at radius 3 is 1.52 bits per heavy atom. The Morgan fingerprint density at radius 2 is 0.833 bits per heavy atom. The summed E-state index contributed by atoms with van der Waals surface area (Å²) in [6.45, 7) is 0. The molecule has 3 nitrogen and oxygen atoms in total. The zero-order valence-electron chi connectivity index (χ0n) is 26.2. The molecule has 0 saturated carbocycles. The molecule has 0 unspecified atom stereocenters. The predicted octanol–water partition coefficient (Wildman–Crippen LogP) is 11.0. The average Bonchev–Trinajstić information content (AvgIpc) is 3.18. The second-order valence-corrected chi connectivity index (χ2v) is 12.2. The van der Waals surface area contributed by atoms with E-state index in [-0.39, 0.29) is 6.17 Å². The summed E-state index contributed by atoms with van der Waals surface area (Å²) in [4.78, 5) is 10.3. The first-order valence-electron chi connectivity index (χ1n) is 16.4. The first-order valence-corrected chi connectivity index (χ1v) is 16.4. The van der Waals surface area contributed by atoms with E-state index in [1.54, 1.807) is 0 Å². The number of hydrogen-bond acceptors (Lipinski definition) is 3. The lowest BCUT2D eigenvalue weighted by molar-refractivity contribution is 0.674. The highest BCUT2D eigenvalue weighted by Crippen LogP contribution is 2.37. The van der Waals surface area contributed by atoms with Gasteiger partial charge in [0.1, 0.15) is 12.0 Å². The van der Waals surface area contributed by atoms with Crippen LogP contribution in [0.4, 0.5) is 0 Å². The molecule has 1 aliphatic heterocycles. The number of nitrogens with one attached hydrogen (secondary N) is 1. The maximum Gasteiger partial charge on any atom is 0.159 e. The normalized spacial score (nSPS) is 14.5. The largest absolute Gasteiger partial charge is 0.344 e. The van der Waals surface area contributed by atoms with Gasteiger partial charge in [-0.05, 0) is 78.3 Å². The van der Waals surface area contributed by atoms with E-state index in [9.17, 15) is 0 Å². The molecule has 3 heteroatoms. The number of hydrogen-bond donors (Lipinski definition) is 1. The van der Waals surface area contributed by atoms with Crippen LogP contribution in [-0.4, -0.2) is 11.7 Å². The minimum absolute atomic E-state index is 0.266. The zero-order valence-corrected chi connectivity index (χ0v) is 26.2. The molecule has 0 fully saturated rings. The standard InChI is InChI=1S/C45H31N3/c1-3-13-30(14-4-1)32-17-11-19-35(27-32)44-46-43(31-15-5-2-6-16-31)47-45(48-44)36-20-12-18-33(28-36)34-25-26-41-39-23-8-7-21-37(39)38-22-9-10-24-40(38)42(41)29-34/h1-29,43H,(H,46,47,48)/t43-/m1/s1. The minimum atomic E-state index is -0.266. The molecule has 9 rings (SSSR count). The van der Waals surface area contributed by atoms with Crippen molar-refractivity contribution >= 4 is 44.0 Å². The van der Waals surface area contributed by atoms with E-state index < -0.39 is 0 Å². The van der Waals surface area contributed by atoms with E-state index in [1.807, 2.05) is 12.1 Å². The Morgan fingerprint density at radius 1 is 0.354 bits per heavy atom. The molecule has 0 spiro atoms. The number of benzene rings is 8. The maximum absolute atomic E-state index is 5.16. The second-order valence-electron chi connectivity index (χ2n) is 12.2. The van der Waals surface area contributed by atoms with Crippen molar-refractivity contribution in [2.24, 2.45) is 9.98 Å². The van der Waals surface area contributed by atoms with Gasteiger partial charge in [0.25, 0.3) is 0 Å². The molecule has 8 aromatic rings. The van der Waals surface area contributed by atoms with Crippen LogP contribution in [0.15, 0.2) is 186 Å². The molecular formula is C45H31N3. The highest BCUT2D eigenvalue weighted by molar-refractivity contribution is 6.25. The van der Waals surface area contributed by atoms with Crippen LogP contribution < -0.4 is 5.32 Å². The number of rotatable bonds is 5. The van der Waals surface area contributed by atoms with Crippen LogP contribution in [0.5, 0.6) is 0 Å². The monoisotopic (exact) mass is 613 g/mol. The van der Waals surface area contributed by atoms with Gasteiger partial charge >= 0.3 is 0 Å². The van der Waals surface area contributed by atoms with Gasteiger partial charge in [0, 0.05) is 11.1 Å². The van der Waals surface area contributed by atoms with E-state index >= 15 is 0 Å². The van der Waals surface area contributed by atoms with Crippen molar-refractivity contribution in [1.82, 2.24) is 5.32 Å². The lowest BCUT2D eigenvalue weighted by atomic mass is 9.92. The zero-order chi connectivity index (χ0) is 31.9. The fraction of sp³-hybridized carbons (Fsp3) is 0.0222. The number of nitrogens with zero attached hydrogens (tertiary/aromatic N) is 2. The first-order chi connectivity index (χ1) is 23.8. The lowest BCUT2D eigenvalue weighted by Gasteiger charge is -2.24. The Labute approximate surface area is 279 Å². The van der Waals surface area contributed by atoms with Crippen LogP contribution >= 0.6 is 0 Å². The summed E-state index contributed by atoms with van der Waals surface area (Å²) in [5.74, 6) is 1.52. The topological polar surface area (TPSA) is 36.8 Å². The molecule has 0 aromatic heterocycles. The molecule has 1 aliphatic rings.